The minimum atomic E-state index is -0.0129. The molecular weight excluding hydrogens is 408 g/mol. The molecule has 1 fully saturated rings. The Morgan fingerprint density at radius 2 is 1.48 bits per heavy atom. The molecular formula is C30H38O3. The van der Waals surface area contributed by atoms with Gasteiger partial charge in [-0.25, -0.2) is 0 Å². The number of benzene rings is 3. The van der Waals surface area contributed by atoms with Gasteiger partial charge in [0.05, 0.1) is 0 Å². The summed E-state index contributed by atoms with van der Waals surface area (Å²) in [6.45, 7) is 8.49. The molecule has 2 aliphatic rings. The van der Waals surface area contributed by atoms with Gasteiger partial charge in [-0.15, -0.1) is 0 Å². The van der Waals surface area contributed by atoms with Crippen LogP contribution >= 0.6 is 0 Å². The van der Waals surface area contributed by atoms with E-state index in [-0.39, 0.29) is 5.41 Å². The SMILES string of the molecule is CC.CC.Oc1ccc2c(c1)/C=C\COc1ccc3cc(O)ccc3c1C1(CCCCC1)C2. The largest absolute Gasteiger partial charge is 0.508 e. The minimum absolute atomic E-state index is 0.0129. The van der Waals surface area contributed by atoms with Crippen LogP contribution in [-0.2, 0) is 11.8 Å². The van der Waals surface area contributed by atoms with Gasteiger partial charge in [-0.1, -0.05) is 71.2 Å². The average molecular weight is 447 g/mol. The summed E-state index contributed by atoms with van der Waals surface area (Å²) in [5.74, 6) is 1.54. The molecule has 0 atom stereocenters. The fraction of sp³-hybridized carbons (Fsp3) is 0.400. The first kappa shape index (κ1) is 24.7. The zero-order valence-corrected chi connectivity index (χ0v) is 20.5. The Kier molecular flexibility index (Phi) is 8.43. The molecule has 3 nitrogen and oxygen atoms in total. The molecule has 0 radical (unpaired) electrons. The van der Waals surface area contributed by atoms with Gasteiger partial charge in [0.1, 0.15) is 23.9 Å². The van der Waals surface area contributed by atoms with E-state index in [9.17, 15) is 10.2 Å². The second kappa shape index (κ2) is 11.3. The first-order chi connectivity index (χ1) is 16.1. The Labute approximate surface area is 198 Å². The van der Waals surface area contributed by atoms with Crippen molar-refractivity contribution in [2.75, 3.05) is 6.61 Å². The Bertz CT molecular complexity index is 1090. The van der Waals surface area contributed by atoms with Crippen LogP contribution in [0.3, 0.4) is 0 Å². The fourth-order valence-corrected chi connectivity index (χ4v) is 5.28. The normalized spacial score (nSPS) is 17.2. The summed E-state index contributed by atoms with van der Waals surface area (Å²) < 4.78 is 6.26. The third kappa shape index (κ3) is 5.19. The molecule has 33 heavy (non-hydrogen) atoms. The Morgan fingerprint density at radius 3 is 2.24 bits per heavy atom. The lowest BCUT2D eigenvalue weighted by molar-refractivity contribution is 0.274. The number of ether oxygens (including phenoxy) is 1. The Morgan fingerprint density at radius 1 is 0.788 bits per heavy atom. The van der Waals surface area contributed by atoms with Crippen molar-refractivity contribution >= 4 is 16.8 Å². The molecule has 1 aliphatic carbocycles. The molecule has 0 bridgehead atoms. The summed E-state index contributed by atoms with van der Waals surface area (Å²) in [6, 6.07) is 15.5. The van der Waals surface area contributed by atoms with Crippen molar-refractivity contribution in [2.24, 2.45) is 0 Å². The van der Waals surface area contributed by atoms with Crippen LogP contribution in [0.1, 0.15) is 76.5 Å². The molecule has 176 valence electrons. The van der Waals surface area contributed by atoms with Crippen LogP contribution in [0.2, 0.25) is 0 Å². The molecule has 1 heterocycles. The predicted molar refractivity (Wildman–Crippen MR) is 139 cm³/mol. The minimum Gasteiger partial charge on any atom is -0.508 e. The van der Waals surface area contributed by atoms with Crippen molar-refractivity contribution in [1.82, 2.24) is 0 Å². The summed E-state index contributed by atoms with van der Waals surface area (Å²) in [6.07, 6.45) is 10.9. The van der Waals surface area contributed by atoms with Crippen molar-refractivity contribution in [1.29, 1.82) is 0 Å². The molecule has 3 heteroatoms. The van der Waals surface area contributed by atoms with Gasteiger partial charge in [0, 0.05) is 11.0 Å². The maximum atomic E-state index is 10.0. The van der Waals surface area contributed by atoms with Gasteiger partial charge in [-0.3, -0.25) is 0 Å². The molecule has 2 N–H and O–H groups in total. The van der Waals surface area contributed by atoms with Crippen LogP contribution in [0.5, 0.6) is 17.2 Å². The summed E-state index contributed by atoms with van der Waals surface area (Å²) in [5, 5.41) is 22.3. The third-order valence-electron chi connectivity index (χ3n) is 6.60. The van der Waals surface area contributed by atoms with Crippen LogP contribution in [-0.4, -0.2) is 16.8 Å². The van der Waals surface area contributed by atoms with E-state index >= 15 is 0 Å². The van der Waals surface area contributed by atoms with Gasteiger partial charge in [-0.2, -0.15) is 0 Å². The molecule has 0 aromatic heterocycles. The molecule has 3 aromatic rings. The monoisotopic (exact) mass is 446 g/mol. The smallest absolute Gasteiger partial charge is 0.124 e. The highest BCUT2D eigenvalue weighted by Crippen LogP contribution is 2.49. The number of aromatic hydroxyl groups is 2. The van der Waals surface area contributed by atoms with Crippen molar-refractivity contribution in [3.63, 3.8) is 0 Å². The molecule has 1 spiro atoms. The van der Waals surface area contributed by atoms with Gasteiger partial charge in [0.25, 0.3) is 0 Å². The van der Waals surface area contributed by atoms with E-state index in [1.165, 1.54) is 35.8 Å². The summed E-state index contributed by atoms with van der Waals surface area (Å²) in [5.41, 5.74) is 3.61. The van der Waals surface area contributed by atoms with Gasteiger partial charge in [-0.05, 0) is 77.6 Å². The second-order valence-corrected chi connectivity index (χ2v) is 8.46. The van der Waals surface area contributed by atoms with Crippen molar-refractivity contribution in [3.05, 3.63) is 71.3 Å². The van der Waals surface area contributed by atoms with Crippen molar-refractivity contribution in [3.8, 4) is 17.2 Å². The van der Waals surface area contributed by atoms with Crippen molar-refractivity contribution in [2.45, 2.75) is 71.6 Å². The number of hydrogen-bond donors (Lipinski definition) is 2. The molecule has 0 amide bonds. The predicted octanol–water partition coefficient (Wildman–Crippen LogP) is 8.15. The zero-order valence-electron chi connectivity index (χ0n) is 20.5. The van der Waals surface area contributed by atoms with Crippen LogP contribution in [0.4, 0.5) is 0 Å². The zero-order chi connectivity index (χ0) is 23.8. The summed E-state index contributed by atoms with van der Waals surface area (Å²) in [4.78, 5) is 0. The average Bonchev–Trinajstić information content (AvgIpc) is 2.86. The van der Waals surface area contributed by atoms with Crippen molar-refractivity contribution < 1.29 is 14.9 Å². The molecule has 3 aromatic carbocycles. The quantitative estimate of drug-likeness (QED) is 0.366. The lowest BCUT2D eigenvalue weighted by Gasteiger charge is -2.40. The second-order valence-electron chi connectivity index (χ2n) is 8.46. The van der Waals surface area contributed by atoms with E-state index in [0.29, 0.717) is 18.1 Å². The number of fused-ring (bicyclic) bond motifs is 5. The number of phenolic OH excluding ortho intramolecular Hbond substituents is 2. The maximum Gasteiger partial charge on any atom is 0.124 e. The highest BCUT2D eigenvalue weighted by Gasteiger charge is 2.38. The fourth-order valence-electron chi connectivity index (χ4n) is 5.28. The molecule has 1 saturated carbocycles. The Balaban J connectivity index is 0.000000728. The lowest BCUT2D eigenvalue weighted by atomic mass is 9.64. The number of rotatable bonds is 0. The first-order valence-electron chi connectivity index (χ1n) is 12.5. The van der Waals surface area contributed by atoms with E-state index in [4.69, 9.17) is 4.74 Å². The van der Waals surface area contributed by atoms with E-state index in [2.05, 4.69) is 18.2 Å². The van der Waals surface area contributed by atoms with Gasteiger partial charge >= 0.3 is 0 Å². The third-order valence-corrected chi connectivity index (χ3v) is 6.60. The van der Waals surface area contributed by atoms with E-state index in [0.717, 1.165) is 36.0 Å². The van der Waals surface area contributed by atoms with E-state index in [1.54, 1.807) is 12.1 Å². The topological polar surface area (TPSA) is 49.7 Å². The highest BCUT2D eigenvalue weighted by atomic mass is 16.5. The number of phenols is 2. The van der Waals surface area contributed by atoms with E-state index < -0.39 is 0 Å². The lowest BCUT2D eigenvalue weighted by Crippen LogP contribution is -2.33. The standard InChI is InChI=1S/C26H26O3.2C2H6/c27-21-8-6-20-17-26(12-2-1-3-13-26)25-23-10-9-22(28)16-19(23)7-11-24(25)29-14-4-5-18(20)15-21;2*1-2/h4-11,15-16,27-28H,1-3,12-14,17H2;2*1-2H3/b5-4-;;. The van der Waals surface area contributed by atoms with Crippen LogP contribution in [0.25, 0.3) is 16.8 Å². The molecule has 1 aliphatic heterocycles. The maximum absolute atomic E-state index is 10.0. The summed E-state index contributed by atoms with van der Waals surface area (Å²) >= 11 is 0. The van der Waals surface area contributed by atoms with E-state index in [1.807, 2.05) is 58.0 Å². The van der Waals surface area contributed by atoms with Crippen LogP contribution < -0.4 is 4.74 Å². The van der Waals surface area contributed by atoms with Crippen LogP contribution in [0, 0.1) is 0 Å². The molecule has 0 saturated heterocycles. The van der Waals surface area contributed by atoms with Crippen LogP contribution in [0.15, 0.2) is 54.6 Å². The molecule has 0 unspecified atom stereocenters. The molecule has 5 rings (SSSR count). The van der Waals surface area contributed by atoms with Gasteiger partial charge in [0.2, 0.25) is 0 Å². The Hall–Kier alpha value is -2.94. The highest BCUT2D eigenvalue weighted by molar-refractivity contribution is 5.90. The number of hydrogen-bond acceptors (Lipinski definition) is 3. The van der Waals surface area contributed by atoms with Gasteiger partial charge in [0.15, 0.2) is 0 Å². The first-order valence-corrected chi connectivity index (χ1v) is 12.5. The van der Waals surface area contributed by atoms with Gasteiger partial charge < -0.3 is 14.9 Å². The summed E-state index contributed by atoms with van der Waals surface area (Å²) in [7, 11) is 0.